The lowest BCUT2D eigenvalue weighted by Crippen LogP contribution is -2.63. The lowest BCUT2D eigenvalue weighted by molar-refractivity contribution is -0.133. The molecule has 1 saturated heterocycles. The Morgan fingerprint density at radius 3 is 2.67 bits per heavy atom. The van der Waals surface area contributed by atoms with Crippen molar-refractivity contribution in [2.45, 2.75) is 63.6 Å². The van der Waals surface area contributed by atoms with Crippen molar-refractivity contribution in [1.29, 1.82) is 0 Å². The third-order valence-electron chi connectivity index (χ3n) is 7.20. The lowest BCUT2D eigenvalue weighted by atomic mass is 9.92. The molecular weight excluding hydrogens is 424 g/mol. The SMILES string of the molecule is CN1C(=O)c2cc(C(=O)NCCCN3CCOCC3)nn2C[C@@]1(C)C(=O)NC1CCCCC1. The first-order valence-electron chi connectivity index (χ1n) is 12.1. The Kier molecular flexibility index (Phi) is 7.33. The number of morpholine rings is 1. The molecule has 10 nitrogen and oxygen atoms in total. The summed E-state index contributed by atoms with van der Waals surface area (Å²) in [6, 6.07) is 1.68. The zero-order valence-electron chi connectivity index (χ0n) is 19.8. The fraction of sp³-hybridized carbons (Fsp3) is 0.739. The zero-order valence-corrected chi connectivity index (χ0v) is 19.8. The molecule has 3 aliphatic rings. The third-order valence-corrected chi connectivity index (χ3v) is 7.20. The van der Waals surface area contributed by atoms with Crippen molar-refractivity contribution in [2.24, 2.45) is 0 Å². The number of nitrogens with zero attached hydrogens (tertiary/aromatic N) is 4. The molecule has 0 unspecified atom stereocenters. The van der Waals surface area contributed by atoms with Crippen molar-refractivity contribution in [1.82, 2.24) is 30.2 Å². The number of nitrogens with one attached hydrogen (secondary N) is 2. The average molecular weight is 461 g/mol. The van der Waals surface area contributed by atoms with Gasteiger partial charge < -0.3 is 20.3 Å². The van der Waals surface area contributed by atoms with Crippen LogP contribution in [-0.4, -0.2) is 95.3 Å². The van der Waals surface area contributed by atoms with Gasteiger partial charge in [-0.25, -0.2) is 0 Å². The number of hydrogen-bond acceptors (Lipinski definition) is 6. The van der Waals surface area contributed by atoms with Crippen molar-refractivity contribution < 1.29 is 19.1 Å². The normalized spacial score (nSPS) is 24.4. The van der Waals surface area contributed by atoms with Crippen LogP contribution in [-0.2, 0) is 16.1 Å². The summed E-state index contributed by atoms with van der Waals surface area (Å²) in [5, 5.41) is 10.4. The number of carbonyl (C=O) groups excluding carboxylic acids is 3. The van der Waals surface area contributed by atoms with E-state index in [1.807, 2.05) is 0 Å². The van der Waals surface area contributed by atoms with Gasteiger partial charge in [0, 0.05) is 38.8 Å². The number of carbonyl (C=O) groups is 3. The molecule has 1 aliphatic carbocycles. The molecule has 2 aliphatic heterocycles. The average Bonchev–Trinajstić information content (AvgIpc) is 3.25. The Balaban J connectivity index is 1.36. The number of likely N-dealkylation sites (N-methyl/N-ethyl adjacent to an activating group) is 1. The van der Waals surface area contributed by atoms with Gasteiger partial charge in [-0.3, -0.25) is 24.0 Å². The van der Waals surface area contributed by atoms with Crippen LogP contribution in [0.25, 0.3) is 0 Å². The predicted octanol–water partition coefficient (Wildman–Crippen LogP) is 0.628. The lowest BCUT2D eigenvalue weighted by Gasteiger charge is -2.41. The van der Waals surface area contributed by atoms with Gasteiger partial charge >= 0.3 is 0 Å². The highest BCUT2D eigenvalue weighted by Gasteiger charge is 2.46. The van der Waals surface area contributed by atoms with Gasteiger partial charge in [0.05, 0.1) is 19.8 Å². The molecule has 1 aromatic rings. The van der Waals surface area contributed by atoms with Gasteiger partial charge in [-0.15, -0.1) is 0 Å². The van der Waals surface area contributed by atoms with E-state index in [1.165, 1.54) is 22.1 Å². The highest BCUT2D eigenvalue weighted by Crippen LogP contribution is 2.27. The molecule has 1 aromatic heterocycles. The maximum absolute atomic E-state index is 13.2. The highest BCUT2D eigenvalue weighted by molar-refractivity contribution is 6.01. The fourth-order valence-corrected chi connectivity index (χ4v) is 4.85. The van der Waals surface area contributed by atoms with E-state index in [4.69, 9.17) is 4.74 Å². The molecule has 4 rings (SSSR count). The van der Waals surface area contributed by atoms with E-state index in [0.29, 0.717) is 12.2 Å². The Labute approximate surface area is 195 Å². The van der Waals surface area contributed by atoms with Crippen LogP contribution in [0.4, 0.5) is 0 Å². The topological polar surface area (TPSA) is 109 Å². The predicted molar refractivity (Wildman–Crippen MR) is 122 cm³/mol. The molecular formula is C23H36N6O4. The van der Waals surface area contributed by atoms with Crippen LogP contribution in [0.3, 0.4) is 0 Å². The monoisotopic (exact) mass is 460 g/mol. The Morgan fingerprint density at radius 2 is 1.94 bits per heavy atom. The molecule has 0 spiro atoms. The second-order valence-electron chi connectivity index (χ2n) is 9.58. The van der Waals surface area contributed by atoms with E-state index in [2.05, 4.69) is 20.6 Å². The largest absolute Gasteiger partial charge is 0.379 e. The molecule has 2 N–H and O–H groups in total. The van der Waals surface area contributed by atoms with Crippen LogP contribution in [0.1, 0.15) is 66.4 Å². The second kappa shape index (κ2) is 10.2. The summed E-state index contributed by atoms with van der Waals surface area (Å²) >= 11 is 0. The molecule has 2 fully saturated rings. The summed E-state index contributed by atoms with van der Waals surface area (Å²) in [5.41, 5.74) is -0.520. The van der Waals surface area contributed by atoms with E-state index in [-0.39, 0.29) is 36.0 Å². The highest BCUT2D eigenvalue weighted by atomic mass is 16.5. The first kappa shape index (κ1) is 23.7. The van der Waals surface area contributed by atoms with E-state index in [0.717, 1.165) is 65.0 Å². The molecule has 1 saturated carbocycles. The van der Waals surface area contributed by atoms with Gasteiger partial charge in [-0.1, -0.05) is 19.3 Å². The van der Waals surface area contributed by atoms with Crippen molar-refractivity contribution in [3.05, 3.63) is 17.5 Å². The van der Waals surface area contributed by atoms with Crippen LogP contribution in [0.5, 0.6) is 0 Å². The van der Waals surface area contributed by atoms with Crippen molar-refractivity contribution in [3.63, 3.8) is 0 Å². The van der Waals surface area contributed by atoms with Crippen LogP contribution < -0.4 is 10.6 Å². The minimum atomic E-state index is -1.06. The standard InChI is InChI=1S/C23H36N6O4/c1-23(22(32)25-17-7-4-3-5-8-17)16-29-19(21(31)27(23)2)15-18(26-29)20(30)24-9-6-10-28-11-13-33-14-12-28/h15,17H,3-14,16H2,1-2H3,(H,24,30)(H,25,32)/t23-/m0/s1. The maximum atomic E-state index is 13.2. The Bertz CT molecular complexity index is 874. The molecule has 0 aromatic carbocycles. The van der Waals surface area contributed by atoms with Crippen LogP contribution in [0.15, 0.2) is 6.07 Å². The van der Waals surface area contributed by atoms with E-state index >= 15 is 0 Å². The van der Waals surface area contributed by atoms with Crippen molar-refractivity contribution in [3.8, 4) is 0 Å². The van der Waals surface area contributed by atoms with E-state index < -0.39 is 5.54 Å². The number of ether oxygens (including phenoxy) is 1. The van der Waals surface area contributed by atoms with E-state index in [1.54, 1.807) is 14.0 Å². The van der Waals surface area contributed by atoms with Crippen molar-refractivity contribution in [2.75, 3.05) is 46.4 Å². The molecule has 0 radical (unpaired) electrons. The van der Waals surface area contributed by atoms with Gasteiger partial charge in [0.2, 0.25) is 5.91 Å². The maximum Gasteiger partial charge on any atom is 0.272 e. The van der Waals surface area contributed by atoms with Gasteiger partial charge in [-0.05, 0) is 32.7 Å². The number of fused-ring (bicyclic) bond motifs is 1. The smallest absolute Gasteiger partial charge is 0.272 e. The molecule has 3 heterocycles. The Morgan fingerprint density at radius 1 is 1.21 bits per heavy atom. The number of amides is 3. The van der Waals surface area contributed by atoms with Gasteiger partial charge in [0.15, 0.2) is 5.69 Å². The number of aromatic nitrogens is 2. The van der Waals surface area contributed by atoms with Crippen LogP contribution >= 0.6 is 0 Å². The van der Waals surface area contributed by atoms with Crippen LogP contribution in [0.2, 0.25) is 0 Å². The molecule has 10 heteroatoms. The fourth-order valence-electron chi connectivity index (χ4n) is 4.85. The summed E-state index contributed by atoms with van der Waals surface area (Å²) in [5.74, 6) is -0.774. The number of rotatable bonds is 7. The summed E-state index contributed by atoms with van der Waals surface area (Å²) < 4.78 is 6.85. The van der Waals surface area contributed by atoms with Gasteiger partial charge in [0.25, 0.3) is 11.8 Å². The summed E-state index contributed by atoms with van der Waals surface area (Å²) in [7, 11) is 1.64. The van der Waals surface area contributed by atoms with Crippen LogP contribution in [0, 0.1) is 0 Å². The first-order valence-corrected chi connectivity index (χ1v) is 12.1. The van der Waals surface area contributed by atoms with Gasteiger partial charge in [0.1, 0.15) is 11.2 Å². The summed E-state index contributed by atoms with van der Waals surface area (Å²) in [6.45, 7) is 6.77. The van der Waals surface area contributed by atoms with E-state index in [9.17, 15) is 14.4 Å². The molecule has 182 valence electrons. The van der Waals surface area contributed by atoms with Gasteiger partial charge in [-0.2, -0.15) is 5.10 Å². The molecule has 33 heavy (non-hydrogen) atoms. The second-order valence-corrected chi connectivity index (χ2v) is 9.58. The third kappa shape index (κ3) is 5.22. The molecule has 1 atom stereocenters. The quantitative estimate of drug-likeness (QED) is 0.578. The summed E-state index contributed by atoms with van der Waals surface area (Å²) in [6.07, 6.45) is 6.22. The number of hydrogen-bond donors (Lipinski definition) is 2. The zero-order chi connectivity index (χ0) is 23.4. The first-order chi connectivity index (χ1) is 15.9. The minimum absolute atomic E-state index is 0.157. The molecule has 3 amide bonds. The minimum Gasteiger partial charge on any atom is -0.379 e. The van der Waals surface area contributed by atoms with Crippen molar-refractivity contribution >= 4 is 17.7 Å². The summed E-state index contributed by atoms with van der Waals surface area (Å²) in [4.78, 5) is 42.6. The Hall–Kier alpha value is -2.46. The molecule has 0 bridgehead atoms.